The molecule has 58 valence electrons. The first kappa shape index (κ1) is 7.50. The van der Waals surface area contributed by atoms with Crippen LogP contribution in [0.25, 0.3) is 0 Å². The van der Waals surface area contributed by atoms with Gasteiger partial charge in [0.25, 0.3) is 0 Å². The molecular weight excluding hydrogens is 134 g/mol. The Morgan fingerprint density at radius 3 is 2.20 bits per heavy atom. The van der Waals surface area contributed by atoms with Crippen molar-refractivity contribution in [2.75, 3.05) is 13.2 Å². The van der Waals surface area contributed by atoms with E-state index in [0.29, 0.717) is 6.42 Å². The van der Waals surface area contributed by atoms with Gasteiger partial charge in [0.2, 0.25) is 5.91 Å². The minimum Gasteiger partial charge on any atom is -0.396 e. The quantitative estimate of drug-likeness (QED) is 0.450. The molecule has 0 saturated heterocycles. The number of hydrogen-bond acceptors (Lipinski definition) is 3. The van der Waals surface area contributed by atoms with Crippen LogP contribution in [0.3, 0.4) is 0 Å². The number of carbonyl (C=O) groups excluding carboxylic acids is 1. The summed E-state index contributed by atoms with van der Waals surface area (Å²) in [5.74, 6) is -0.745. The summed E-state index contributed by atoms with van der Waals surface area (Å²) in [5.41, 5.74) is 4.37. The molecule has 1 aliphatic rings. The molecule has 1 atom stereocenters. The van der Waals surface area contributed by atoms with Crippen molar-refractivity contribution in [2.24, 2.45) is 17.1 Å². The first-order chi connectivity index (χ1) is 4.66. The van der Waals surface area contributed by atoms with Crippen LogP contribution in [0.5, 0.6) is 0 Å². The van der Waals surface area contributed by atoms with E-state index in [9.17, 15) is 4.79 Å². The van der Waals surface area contributed by atoms with Gasteiger partial charge in [-0.05, 0) is 6.42 Å². The molecule has 1 unspecified atom stereocenters. The summed E-state index contributed by atoms with van der Waals surface area (Å²) >= 11 is 0. The number of aliphatic hydroxyl groups excluding tert-OH is 2. The average molecular weight is 145 g/mol. The molecule has 0 spiro atoms. The zero-order valence-corrected chi connectivity index (χ0v) is 5.58. The van der Waals surface area contributed by atoms with Crippen LogP contribution >= 0.6 is 0 Å². The van der Waals surface area contributed by atoms with E-state index in [2.05, 4.69) is 0 Å². The Hall–Kier alpha value is -0.610. The van der Waals surface area contributed by atoms with Crippen molar-refractivity contribution in [3.63, 3.8) is 0 Å². The summed E-state index contributed by atoms with van der Waals surface area (Å²) < 4.78 is 0. The number of nitrogens with two attached hydrogens (primary N) is 1. The van der Waals surface area contributed by atoms with Gasteiger partial charge in [-0.3, -0.25) is 4.79 Å². The fourth-order valence-corrected chi connectivity index (χ4v) is 1.15. The Kier molecular flexibility index (Phi) is 1.66. The van der Waals surface area contributed by atoms with Crippen LogP contribution in [0.1, 0.15) is 6.42 Å². The van der Waals surface area contributed by atoms with E-state index in [1.807, 2.05) is 0 Å². The van der Waals surface area contributed by atoms with E-state index in [1.165, 1.54) is 0 Å². The number of rotatable bonds is 3. The third-order valence-corrected chi connectivity index (χ3v) is 2.16. The average Bonchev–Trinajstić information content (AvgIpc) is 2.63. The summed E-state index contributed by atoms with van der Waals surface area (Å²) in [7, 11) is 0. The van der Waals surface area contributed by atoms with E-state index in [4.69, 9.17) is 15.9 Å². The molecule has 1 fully saturated rings. The summed E-state index contributed by atoms with van der Waals surface area (Å²) in [4.78, 5) is 10.5. The molecule has 1 amide bonds. The number of primary amides is 1. The van der Waals surface area contributed by atoms with Crippen LogP contribution < -0.4 is 5.73 Å². The highest BCUT2D eigenvalue weighted by atomic mass is 16.3. The van der Waals surface area contributed by atoms with Gasteiger partial charge in [-0.15, -0.1) is 0 Å². The highest BCUT2D eigenvalue weighted by Crippen LogP contribution is 2.51. The lowest BCUT2D eigenvalue weighted by Gasteiger charge is -2.06. The maximum atomic E-state index is 10.5. The van der Waals surface area contributed by atoms with Gasteiger partial charge in [0, 0.05) is 11.3 Å². The summed E-state index contributed by atoms with van der Waals surface area (Å²) in [6.45, 7) is -0.311. The van der Waals surface area contributed by atoms with Crippen molar-refractivity contribution in [2.45, 2.75) is 6.42 Å². The maximum Gasteiger partial charge on any atom is 0.221 e. The van der Waals surface area contributed by atoms with E-state index in [-0.39, 0.29) is 19.1 Å². The first-order valence-corrected chi connectivity index (χ1v) is 3.17. The Morgan fingerprint density at radius 2 is 2.10 bits per heavy atom. The van der Waals surface area contributed by atoms with Crippen molar-refractivity contribution in [1.82, 2.24) is 0 Å². The largest absolute Gasteiger partial charge is 0.396 e. The van der Waals surface area contributed by atoms with Gasteiger partial charge in [0.05, 0.1) is 13.2 Å². The molecule has 1 saturated carbocycles. The molecule has 0 aromatic rings. The van der Waals surface area contributed by atoms with Crippen LogP contribution in [0.15, 0.2) is 0 Å². The molecule has 0 bridgehead atoms. The second-order valence-corrected chi connectivity index (χ2v) is 2.84. The minimum absolute atomic E-state index is 0.156. The molecule has 1 aliphatic carbocycles. The second-order valence-electron chi connectivity index (χ2n) is 2.84. The second kappa shape index (κ2) is 2.21. The monoisotopic (exact) mass is 145 g/mol. The van der Waals surface area contributed by atoms with Crippen LogP contribution in [-0.2, 0) is 4.79 Å². The Morgan fingerprint density at radius 1 is 1.60 bits per heavy atom. The number of amides is 1. The Bertz CT molecular complexity index is 153. The summed E-state index contributed by atoms with van der Waals surface area (Å²) in [6.07, 6.45) is 0.523. The lowest BCUT2D eigenvalue weighted by molar-refractivity contribution is -0.120. The van der Waals surface area contributed by atoms with Crippen molar-refractivity contribution >= 4 is 5.91 Å². The summed E-state index contributed by atoms with van der Waals surface area (Å²) in [5, 5.41) is 17.4. The molecular formula is C6H11NO3. The van der Waals surface area contributed by atoms with E-state index in [0.717, 1.165) is 0 Å². The molecule has 1 rings (SSSR count). The van der Waals surface area contributed by atoms with Gasteiger partial charge < -0.3 is 15.9 Å². The topological polar surface area (TPSA) is 83.6 Å². The van der Waals surface area contributed by atoms with Crippen LogP contribution in [0.4, 0.5) is 0 Å². The molecule has 4 N–H and O–H groups in total. The van der Waals surface area contributed by atoms with E-state index in [1.54, 1.807) is 0 Å². The standard InChI is InChI=1S/C6H11NO3/c7-5(10)4-1-6(4,2-8)3-9/h4,8-9H,1-3H2,(H2,7,10). The number of aliphatic hydroxyl groups is 2. The molecule has 10 heavy (non-hydrogen) atoms. The predicted octanol–water partition coefficient (Wildman–Crippen LogP) is -1.54. The lowest BCUT2D eigenvalue weighted by atomic mass is 10.1. The van der Waals surface area contributed by atoms with Gasteiger partial charge in [0.15, 0.2) is 0 Å². The zero-order valence-electron chi connectivity index (χ0n) is 5.58. The molecule has 4 nitrogen and oxygen atoms in total. The zero-order chi connectivity index (χ0) is 7.78. The normalized spacial score (nSPS) is 28.0. The maximum absolute atomic E-state index is 10.5. The van der Waals surface area contributed by atoms with Crippen LogP contribution in [0.2, 0.25) is 0 Å². The third-order valence-electron chi connectivity index (χ3n) is 2.16. The SMILES string of the molecule is NC(=O)C1CC1(CO)CO. The van der Waals surface area contributed by atoms with Crippen LogP contribution in [0, 0.1) is 11.3 Å². The van der Waals surface area contributed by atoms with E-state index >= 15 is 0 Å². The van der Waals surface area contributed by atoms with Gasteiger partial charge in [0.1, 0.15) is 0 Å². The molecule has 0 aromatic heterocycles. The molecule has 0 aliphatic heterocycles. The van der Waals surface area contributed by atoms with Gasteiger partial charge in [-0.1, -0.05) is 0 Å². The van der Waals surface area contributed by atoms with Crippen molar-refractivity contribution < 1.29 is 15.0 Å². The van der Waals surface area contributed by atoms with Crippen molar-refractivity contribution in [1.29, 1.82) is 0 Å². The van der Waals surface area contributed by atoms with Crippen LogP contribution in [-0.4, -0.2) is 29.3 Å². The molecule has 0 heterocycles. The highest BCUT2D eigenvalue weighted by Gasteiger charge is 2.56. The fraction of sp³-hybridized carbons (Fsp3) is 0.833. The molecule has 4 heteroatoms. The predicted molar refractivity (Wildman–Crippen MR) is 33.9 cm³/mol. The Labute approximate surface area is 58.6 Å². The Balaban J connectivity index is 2.53. The number of carbonyl (C=O) groups is 1. The minimum atomic E-state index is -0.591. The first-order valence-electron chi connectivity index (χ1n) is 3.17. The van der Waals surface area contributed by atoms with Crippen molar-refractivity contribution in [3.8, 4) is 0 Å². The van der Waals surface area contributed by atoms with Gasteiger partial charge in [-0.25, -0.2) is 0 Å². The highest BCUT2D eigenvalue weighted by molar-refractivity contribution is 5.80. The molecule has 0 radical (unpaired) electrons. The van der Waals surface area contributed by atoms with Crippen molar-refractivity contribution in [3.05, 3.63) is 0 Å². The fourth-order valence-electron chi connectivity index (χ4n) is 1.15. The van der Waals surface area contributed by atoms with Gasteiger partial charge >= 0.3 is 0 Å². The third kappa shape index (κ3) is 0.892. The number of hydrogen-bond donors (Lipinski definition) is 3. The van der Waals surface area contributed by atoms with Gasteiger partial charge in [-0.2, -0.15) is 0 Å². The smallest absolute Gasteiger partial charge is 0.221 e. The lowest BCUT2D eigenvalue weighted by Crippen LogP contribution is -2.23. The summed E-state index contributed by atoms with van der Waals surface area (Å²) in [6, 6.07) is 0. The van der Waals surface area contributed by atoms with E-state index < -0.39 is 11.3 Å². The molecule has 0 aromatic carbocycles.